The van der Waals surface area contributed by atoms with Crippen LogP contribution in [-0.4, -0.2) is 33.8 Å². The van der Waals surface area contributed by atoms with Gasteiger partial charge in [0.2, 0.25) is 5.13 Å². The van der Waals surface area contributed by atoms with E-state index in [1.807, 2.05) is 6.92 Å². The summed E-state index contributed by atoms with van der Waals surface area (Å²) in [5.41, 5.74) is -0.965. The summed E-state index contributed by atoms with van der Waals surface area (Å²) in [6.45, 7) is 5.37. The monoisotopic (exact) mass is 286 g/mol. The van der Waals surface area contributed by atoms with Crippen molar-refractivity contribution in [3.05, 3.63) is 5.01 Å². The normalized spacial score (nSPS) is 13.6. The maximum Gasteiger partial charge on any atom is 0.321 e. The molecular formula is C11H18N4O3S. The molecule has 1 rings (SSSR count). The fraction of sp³-hybridized carbons (Fsp3) is 0.636. The van der Waals surface area contributed by atoms with Crippen LogP contribution < -0.4 is 10.6 Å². The van der Waals surface area contributed by atoms with E-state index in [2.05, 4.69) is 20.8 Å². The molecule has 2 amide bonds. The maximum atomic E-state index is 11.6. The zero-order valence-corrected chi connectivity index (χ0v) is 12.0. The van der Waals surface area contributed by atoms with Gasteiger partial charge in [0.1, 0.15) is 5.01 Å². The Morgan fingerprint density at radius 2 is 2.05 bits per heavy atom. The Bertz CT molecular complexity index is 463. The summed E-state index contributed by atoms with van der Waals surface area (Å²) in [7, 11) is 0. The van der Waals surface area contributed by atoms with E-state index in [-0.39, 0.29) is 6.54 Å². The fourth-order valence-electron chi connectivity index (χ4n) is 1.22. The van der Waals surface area contributed by atoms with Gasteiger partial charge in [-0.15, -0.1) is 10.2 Å². The van der Waals surface area contributed by atoms with Gasteiger partial charge >= 0.3 is 12.0 Å². The quantitative estimate of drug-likeness (QED) is 0.738. The zero-order valence-electron chi connectivity index (χ0n) is 11.2. The van der Waals surface area contributed by atoms with Crippen LogP contribution >= 0.6 is 11.3 Å². The summed E-state index contributed by atoms with van der Waals surface area (Å²) in [5.74, 6) is -0.931. The Kier molecular flexibility index (Phi) is 5.22. The number of aryl methyl sites for hydroxylation is 1. The van der Waals surface area contributed by atoms with E-state index in [1.165, 1.54) is 11.3 Å². The average Bonchev–Trinajstić information content (AvgIpc) is 2.83. The van der Waals surface area contributed by atoms with Crippen molar-refractivity contribution in [2.45, 2.75) is 33.6 Å². The molecular weight excluding hydrogens is 268 g/mol. The number of amides is 2. The first-order chi connectivity index (χ1) is 8.91. The fourth-order valence-corrected chi connectivity index (χ4v) is 1.89. The smallest absolute Gasteiger partial charge is 0.321 e. The van der Waals surface area contributed by atoms with Crippen LogP contribution in [0.3, 0.4) is 0 Å². The topological polar surface area (TPSA) is 104 Å². The van der Waals surface area contributed by atoms with E-state index in [0.29, 0.717) is 11.6 Å². The lowest BCUT2D eigenvalue weighted by molar-refractivity contribution is -0.147. The van der Waals surface area contributed by atoms with E-state index in [0.717, 1.165) is 11.4 Å². The van der Waals surface area contributed by atoms with Crippen LogP contribution in [-0.2, 0) is 11.2 Å². The first kappa shape index (κ1) is 15.4. The molecule has 0 fully saturated rings. The molecule has 0 bridgehead atoms. The molecule has 1 heterocycles. The van der Waals surface area contributed by atoms with Crippen LogP contribution in [0, 0.1) is 5.41 Å². The number of aliphatic carboxylic acids is 1. The lowest BCUT2D eigenvalue weighted by atomic mass is 9.88. The van der Waals surface area contributed by atoms with Gasteiger partial charge in [-0.05, 0) is 19.8 Å². The second-order valence-corrected chi connectivity index (χ2v) is 5.44. The molecule has 0 aromatic carbocycles. The van der Waals surface area contributed by atoms with Crippen molar-refractivity contribution < 1.29 is 14.7 Å². The number of carbonyl (C=O) groups is 2. The van der Waals surface area contributed by atoms with Crippen molar-refractivity contribution in [3.8, 4) is 0 Å². The number of hydrogen-bond acceptors (Lipinski definition) is 5. The molecule has 1 unspecified atom stereocenters. The summed E-state index contributed by atoms with van der Waals surface area (Å²) in [6.07, 6.45) is 1.19. The number of nitrogens with one attached hydrogen (secondary N) is 2. The summed E-state index contributed by atoms with van der Waals surface area (Å²) in [4.78, 5) is 22.7. The Morgan fingerprint density at radius 3 is 2.53 bits per heavy atom. The highest BCUT2D eigenvalue weighted by Gasteiger charge is 2.31. The highest BCUT2D eigenvalue weighted by Crippen LogP contribution is 2.20. The van der Waals surface area contributed by atoms with Crippen molar-refractivity contribution in [2.24, 2.45) is 5.41 Å². The third kappa shape index (κ3) is 4.16. The Balaban J connectivity index is 2.49. The van der Waals surface area contributed by atoms with Crippen LogP contribution in [0.25, 0.3) is 0 Å². The van der Waals surface area contributed by atoms with Gasteiger partial charge in [-0.25, -0.2) is 4.79 Å². The third-order valence-corrected chi connectivity index (χ3v) is 3.91. The molecule has 1 aromatic heterocycles. The highest BCUT2D eigenvalue weighted by atomic mass is 32.1. The number of carbonyl (C=O) groups excluding carboxylic acids is 1. The minimum atomic E-state index is -0.965. The van der Waals surface area contributed by atoms with Crippen molar-refractivity contribution in [3.63, 3.8) is 0 Å². The van der Waals surface area contributed by atoms with Gasteiger partial charge in [0, 0.05) is 6.54 Å². The maximum absolute atomic E-state index is 11.6. The van der Waals surface area contributed by atoms with E-state index in [1.54, 1.807) is 13.8 Å². The first-order valence-corrected chi connectivity index (χ1v) is 6.83. The Labute approximate surface area is 115 Å². The van der Waals surface area contributed by atoms with Crippen LogP contribution in [0.1, 0.15) is 32.2 Å². The van der Waals surface area contributed by atoms with Crippen LogP contribution in [0.4, 0.5) is 9.93 Å². The van der Waals surface area contributed by atoms with Gasteiger partial charge in [0.05, 0.1) is 5.41 Å². The van der Waals surface area contributed by atoms with Crippen molar-refractivity contribution in [1.82, 2.24) is 15.5 Å². The van der Waals surface area contributed by atoms with Crippen molar-refractivity contribution in [1.29, 1.82) is 0 Å². The van der Waals surface area contributed by atoms with Crippen LogP contribution in [0.2, 0.25) is 0 Å². The van der Waals surface area contributed by atoms with E-state index >= 15 is 0 Å². The van der Waals surface area contributed by atoms with Crippen molar-refractivity contribution in [2.75, 3.05) is 11.9 Å². The predicted molar refractivity (Wildman–Crippen MR) is 72.3 cm³/mol. The number of carboxylic acid groups (broad SMARTS) is 1. The van der Waals surface area contributed by atoms with Crippen LogP contribution in [0.15, 0.2) is 0 Å². The molecule has 106 valence electrons. The summed E-state index contributed by atoms with van der Waals surface area (Å²) in [6, 6.07) is -0.472. The average molecular weight is 286 g/mol. The molecule has 8 heteroatoms. The molecule has 0 aliphatic carbocycles. The molecule has 0 aliphatic heterocycles. The van der Waals surface area contributed by atoms with Gasteiger partial charge in [-0.3, -0.25) is 10.1 Å². The number of nitrogens with zero attached hydrogens (tertiary/aromatic N) is 2. The highest BCUT2D eigenvalue weighted by molar-refractivity contribution is 7.15. The largest absolute Gasteiger partial charge is 0.481 e. The number of hydrogen-bond donors (Lipinski definition) is 3. The molecule has 0 spiro atoms. The predicted octanol–water partition coefficient (Wildman–Crippen LogP) is 1.72. The molecule has 0 saturated heterocycles. The van der Waals surface area contributed by atoms with Gasteiger partial charge in [0.15, 0.2) is 0 Å². The standard InChI is InChI=1S/C11H18N4O3S/c1-4-7-14-15-10(19-7)13-9(18)12-6-11(3,5-2)8(16)17/h4-6H2,1-3H3,(H,16,17)(H2,12,13,15,18). The van der Waals surface area contributed by atoms with E-state index in [4.69, 9.17) is 5.11 Å². The van der Waals surface area contributed by atoms with E-state index < -0.39 is 17.4 Å². The lowest BCUT2D eigenvalue weighted by Gasteiger charge is -2.22. The number of rotatable bonds is 6. The SMILES string of the molecule is CCc1nnc(NC(=O)NCC(C)(CC)C(=O)O)s1. The van der Waals surface area contributed by atoms with Gasteiger partial charge in [0.25, 0.3) is 0 Å². The summed E-state index contributed by atoms with van der Waals surface area (Å²) in [5, 5.41) is 23.1. The van der Waals surface area contributed by atoms with Crippen LogP contribution in [0.5, 0.6) is 0 Å². The van der Waals surface area contributed by atoms with E-state index in [9.17, 15) is 9.59 Å². The summed E-state index contributed by atoms with van der Waals surface area (Å²) < 4.78 is 0. The van der Waals surface area contributed by atoms with Crippen molar-refractivity contribution >= 4 is 28.5 Å². The zero-order chi connectivity index (χ0) is 14.5. The molecule has 1 atom stereocenters. The number of anilines is 1. The molecule has 19 heavy (non-hydrogen) atoms. The van der Waals surface area contributed by atoms with Gasteiger partial charge in [-0.2, -0.15) is 0 Å². The number of aromatic nitrogens is 2. The molecule has 0 radical (unpaired) electrons. The minimum absolute atomic E-state index is 0.0596. The van der Waals surface area contributed by atoms with Gasteiger partial charge in [-0.1, -0.05) is 25.2 Å². The number of carboxylic acids is 1. The Hall–Kier alpha value is -1.70. The second-order valence-electron chi connectivity index (χ2n) is 4.38. The third-order valence-electron chi connectivity index (χ3n) is 2.93. The van der Waals surface area contributed by atoms with Gasteiger partial charge < -0.3 is 10.4 Å². The molecule has 1 aromatic rings. The Morgan fingerprint density at radius 1 is 1.37 bits per heavy atom. The molecule has 3 N–H and O–H groups in total. The number of urea groups is 1. The summed E-state index contributed by atoms with van der Waals surface area (Å²) >= 11 is 1.30. The first-order valence-electron chi connectivity index (χ1n) is 6.02. The molecule has 0 aliphatic rings. The molecule has 7 nitrogen and oxygen atoms in total. The molecule has 0 saturated carbocycles. The minimum Gasteiger partial charge on any atom is -0.481 e. The lowest BCUT2D eigenvalue weighted by Crippen LogP contribution is -2.42. The second kappa shape index (κ2) is 6.46.